The van der Waals surface area contributed by atoms with Crippen LogP contribution in [-0.4, -0.2) is 23.4 Å². The third-order valence-electron chi connectivity index (χ3n) is 4.47. The lowest BCUT2D eigenvalue weighted by atomic mass is 10.0. The number of aromatic amines is 1. The molecule has 6 heteroatoms. The van der Waals surface area contributed by atoms with Gasteiger partial charge < -0.3 is 15.0 Å². The molecule has 2 N–H and O–H groups in total. The number of H-pyrrole nitrogens is 1. The number of esters is 1. The summed E-state index contributed by atoms with van der Waals surface area (Å²) < 4.78 is 19.0. The minimum atomic E-state index is -0.409. The number of hydrogen-bond acceptors (Lipinski definition) is 3. The van der Waals surface area contributed by atoms with Gasteiger partial charge in [0.25, 0.3) is 5.91 Å². The number of carbonyl (C=O) groups is 2. The Hall–Kier alpha value is -3.15. The van der Waals surface area contributed by atoms with Crippen LogP contribution in [0, 0.1) is 19.7 Å². The predicted molar refractivity (Wildman–Crippen MR) is 102 cm³/mol. The van der Waals surface area contributed by atoms with Gasteiger partial charge in [0, 0.05) is 30.1 Å². The molecule has 5 nitrogen and oxygen atoms in total. The summed E-state index contributed by atoms with van der Waals surface area (Å²) in [5, 5.41) is 3.75. The number of hydrogen-bond donors (Lipinski definition) is 2. The van der Waals surface area contributed by atoms with Crippen LogP contribution in [-0.2, 0) is 11.2 Å². The third-order valence-corrected chi connectivity index (χ3v) is 4.47. The molecule has 140 valence electrons. The van der Waals surface area contributed by atoms with Crippen LogP contribution in [0.3, 0.4) is 0 Å². The summed E-state index contributed by atoms with van der Waals surface area (Å²) in [4.78, 5) is 26.3. The number of aromatic nitrogens is 1. The largest absolute Gasteiger partial charge is 0.427 e. The van der Waals surface area contributed by atoms with Gasteiger partial charge in [0.05, 0.1) is 5.52 Å². The second-order valence-corrected chi connectivity index (χ2v) is 6.47. The first-order chi connectivity index (χ1) is 12.9. The summed E-state index contributed by atoms with van der Waals surface area (Å²) in [5.74, 6) is -0.509. The molecule has 27 heavy (non-hydrogen) atoms. The van der Waals surface area contributed by atoms with E-state index in [1.165, 1.54) is 13.0 Å². The van der Waals surface area contributed by atoms with E-state index >= 15 is 0 Å². The summed E-state index contributed by atoms with van der Waals surface area (Å²) in [5.41, 5.74) is 3.89. The van der Waals surface area contributed by atoms with Crippen molar-refractivity contribution in [3.63, 3.8) is 0 Å². The first-order valence-corrected chi connectivity index (χ1v) is 8.69. The second-order valence-electron chi connectivity index (χ2n) is 6.47. The molecule has 1 heterocycles. The number of nitrogens with one attached hydrogen (secondary N) is 2. The molecule has 1 amide bonds. The van der Waals surface area contributed by atoms with Crippen molar-refractivity contribution in [1.82, 2.24) is 10.3 Å². The molecule has 3 rings (SSSR count). The van der Waals surface area contributed by atoms with Crippen molar-refractivity contribution >= 4 is 22.8 Å². The maximum absolute atomic E-state index is 14.0. The number of benzene rings is 2. The average Bonchev–Trinajstić information content (AvgIpc) is 2.96. The summed E-state index contributed by atoms with van der Waals surface area (Å²) in [6.45, 7) is 5.60. The second kappa shape index (κ2) is 7.61. The van der Waals surface area contributed by atoms with Crippen LogP contribution in [0.1, 0.15) is 34.1 Å². The van der Waals surface area contributed by atoms with E-state index in [0.29, 0.717) is 29.8 Å². The molecule has 0 aliphatic heterocycles. The molecule has 0 fully saturated rings. The van der Waals surface area contributed by atoms with Gasteiger partial charge in [0.2, 0.25) is 0 Å². The molecule has 0 aliphatic carbocycles. The molecule has 0 bridgehead atoms. The number of ether oxygens (including phenoxy) is 1. The van der Waals surface area contributed by atoms with Crippen molar-refractivity contribution in [3.8, 4) is 5.75 Å². The minimum absolute atomic E-state index is 0.218. The van der Waals surface area contributed by atoms with Crippen molar-refractivity contribution < 1.29 is 18.7 Å². The molecule has 0 radical (unpaired) electrons. The molecule has 3 aromatic rings. The number of halogens is 1. The quantitative estimate of drug-likeness (QED) is 0.531. The number of rotatable bonds is 5. The lowest BCUT2D eigenvalue weighted by molar-refractivity contribution is -0.131. The van der Waals surface area contributed by atoms with Crippen LogP contribution < -0.4 is 10.1 Å². The number of carbonyl (C=O) groups excluding carboxylic acids is 2. The molecule has 0 atom stereocenters. The lowest BCUT2D eigenvalue weighted by Crippen LogP contribution is -2.25. The standard InChI is InChI=1S/C21H21FN2O3/c1-12-4-9-18(22)20-19(12)17(13(2)24-20)10-11-23-21(26)15-5-7-16(8-6-15)27-14(3)25/h4-9,24H,10-11H2,1-3H3,(H,23,26). The van der Waals surface area contributed by atoms with Crippen LogP contribution in [0.2, 0.25) is 0 Å². The van der Waals surface area contributed by atoms with Gasteiger partial charge in [0.15, 0.2) is 0 Å². The zero-order valence-corrected chi connectivity index (χ0v) is 15.5. The Morgan fingerprint density at radius 1 is 1.11 bits per heavy atom. The topological polar surface area (TPSA) is 71.2 Å². The highest BCUT2D eigenvalue weighted by molar-refractivity contribution is 5.94. The van der Waals surface area contributed by atoms with Crippen molar-refractivity contribution in [1.29, 1.82) is 0 Å². The normalized spacial score (nSPS) is 10.8. The van der Waals surface area contributed by atoms with E-state index in [9.17, 15) is 14.0 Å². The predicted octanol–water partition coefficient (Wildman–Crippen LogP) is 3.82. The van der Waals surface area contributed by atoms with Crippen molar-refractivity contribution in [2.24, 2.45) is 0 Å². The summed E-state index contributed by atoms with van der Waals surface area (Å²) >= 11 is 0. The maximum Gasteiger partial charge on any atom is 0.308 e. The Morgan fingerprint density at radius 3 is 2.48 bits per heavy atom. The molecule has 1 aromatic heterocycles. The molecular formula is C21H21FN2O3. The fourth-order valence-corrected chi connectivity index (χ4v) is 3.20. The van der Waals surface area contributed by atoms with E-state index in [1.54, 1.807) is 30.3 Å². The molecule has 0 saturated carbocycles. The summed E-state index contributed by atoms with van der Waals surface area (Å²) in [6.07, 6.45) is 0.591. The zero-order valence-electron chi connectivity index (χ0n) is 15.5. The molecule has 0 saturated heterocycles. The maximum atomic E-state index is 14.0. The van der Waals surface area contributed by atoms with Gasteiger partial charge in [-0.1, -0.05) is 6.07 Å². The van der Waals surface area contributed by atoms with Gasteiger partial charge in [-0.25, -0.2) is 4.39 Å². The summed E-state index contributed by atoms with van der Waals surface area (Å²) in [6, 6.07) is 9.57. The minimum Gasteiger partial charge on any atom is -0.427 e. The Kier molecular flexibility index (Phi) is 5.26. The van der Waals surface area contributed by atoms with Crippen molar-refractivity contribution in [2.45, 2.75) is 27.2 Å². The van der Waals surface area contributed by atoms with Crippen LogP contribution in [0.15, 0.2) is 36.4 Å². The third kappa shape index (κ3) is 4.00. The molecule has 0 aliphatic rings. The Labute approximate surface area is 156 Å². The van der Waals surface area contributed by atoms with E-state index < -0.39 is 5.97 Å². The smallest absolute Gasteiger partial charge is 0.308 e. The first-order valence-electron chi connectivity index (χ1n) is 8.69. The van der Waals surface area contributed by atoms with Gasteiger partial charge >= 0.3 is 5.97 Å². The highest BCUT2D eigenvalue weighted by Crippen LogP contribution is 2.27. The average molecular weight is 368 g/mol. The zero-order chi connectivity index (χ0) is 19.6. The number of aryl methyl sites for hydroxylation is 2. The Morgan fingerprint density at radius 2 is 1.81 bits per heavy atom. The molecule has 2 aromatic carbocycles. The molecular weight excluding hydrogens is 347 g/mol. The van der Waals surface area contributed by atoms with Gasteiger partial charge in [0.1, 0.15) is 11.6 Å². The van der Waals surface area contributed by atoms with E-state index in [1.807, 2.05) is 13.8 Å². The van der Waals surface area contributed by atoms with Crippen LogP contribution in [0.25, 0.3) is 10.9 Å². The van der Waals surface area contributed by atoms with Crippen LogP contribution >= 0.6 is 0 Å². The molecule has 0 spiro atoms. The van der Waals surface area contributed by atoms with Gasteiger partial charge in [-0.05, 0) is 61.7 Å². The van der Waals surface area contributed by atoms with Crippen LogP contribution in [0.5, 0.6) is 5.75 Å². The number of fused-ring (bicyclic) bond motifs is 1. The van der Waals surface area contributed by atoms with Gasteiger partial charge in [-0.2, -0.15) is 0 Å². The van der Waals surface area contributed by atoms with E-state index in [4.69, 9.17) is 4.74 Å². The van der Waals surface area contributed by atoms with Crippen LogP contribution in [0.4, 0.5) is 4.39 Å². The van der Waals surface area contributed by atoms with Gasteiger partial charge in [-0.15, -0.1) is 0 Å². The lowest BCUT2D eigenvalue weighted by Gasteiger charge is -2.08. The fourth-order valence-electron chi connectivity index (χ4n) is 3.20. The first kappa shape index (κ1) is 18.6. The van der Waals surface area contributed by atoms with E-state index in [-0.39, 0.29) is 11.7 Å². The van der Waals surface area contributed by atoms with E-state index in [0.717, 1.165) is 22.2 Å². The molecule has 0 unspecified atom stereocenters. The summed E-state index contributed by atoms with van der Waals surface area (Å²) in [7, 11) is 0. The fraction of sp³-hybridized carbons (Fsp3) is 0.238. The number of amides is 1. The Balaban J connectivity index is 1.67. The Bertz CT molecular complexity index is 1010. The highest BCUT2D eigenvalue weighted by Gasteiger charge is 2.14. The van der Waals surface area contributed by atoms with Crippen molar-refractivity contribution in [3.05, 3.63) is 64.6 Å². The monoisotopic (exact) mass is 368 g/mol. The van der Waals surface area contributed by atoms with Crippen molar-refractivity contribution in [2.75, 3.05) is 6.54 Å². The van der Waals surface area contributed by atoms with E-state index in [2.05, 4.69) is 10.3 Å². The SMILES string of the molecule is CC(=O)Oc1ccc(C(=O)NCCc2c(C)[nH]c3c(F)ccc(C)c23)cc1. The highest BCUT2D eigenvalue weighted by atomic mass is 19.1. The van der Waals surface area contributed by atoms with Gasteiger partial charge in [-0.3, -0.25) is 9.59 Å².